The van der Waals surface area contributed by atoms with E-state index in [0.717, 1.165) is 5.56 Å². The van der Waals surface area contributed by atoms with Crippen molar-refractivity contribution >= 4 is 29.4 Å². The van der Waals surface area contributed by atoms with Crippen LogP contribution < -0.4 is 15.5 Å². The van der Waals surface area contributed by atoms with Gasteiger partial charge in [-0.2, -0.15) is 5.10 Å². The lowest BCUT2D eigenvalue weighted by atomic mass is 10.2. The average Bonchev–Trinajstić information content (AvgIpc) is 2.78. The maximum absolute atomic E-state index is 12.3. The van der Waals surface area contributed by atoms with E-state index in [2.05, 4.69) is 15.8 Å². The summed E-state index contributed by atoms with van der Waals surface area (Å²) in [7, 11) is 0. The maximum atomic E-state index is 12.3. The van der Waals surface area contributed by atoms with Gasteiger partial charge in [-0.1, -0.05) is 18.2 Å². The Morgan fingerprint density at radius 2 is 1.81 bits per heavy atom. The van der Waals surface area contributed by atoms with Crippen LogP contribution in [0.4, 0.5) is 11.4 Å². The Morgan fingerprint density at radius 3 is 2.53 bits per heavy atom. The molecule has 162 valence electrons. The number of non-ortho nitro benzene ring substituents is 1. The first-order valence-electron chi connectivity index (χ1n) is 9.58. The summed E-state index contributed by atoms with van der Waals surface area (Å²) in [4.78, 5) is 33.7. The third kappa shape index (κ3) is 6.49. The van der Waals surface area contributed by atoms with Crippen molar-refractivity contribution in [3.8, 4) is 5.75 Å². The van der Waals surface area contributed by atoms with Gasteiger partial charge < -0.3 is 10.1 Å². The smallest absolute Gasteiger partial charge is 0.271 e. The summed E-state index contributed by atoms with van der Waals surface area (Å²) in [6, 6.07) is 19.7. The van der Waals surface area contributed by atoms with Crippen molar-refractivity contribution in [2.45, 2.75) is 13.5 Å². The van der Waals surface area contributed by atoms with Crippen molar-refractivity contribution in [1.29, 1.82) is 0 Å². The second kappa shape index (κ2) is 10.5. The first-order chi connectivity index (χ1) is 15.4. The number of carbonyl (C=O) groups excluding carboxylic acids is 2. The largest absolute Gasteiger partial charge is 0.489 e. The topological polar surface area (TPSA) is 123 Å². The highest BCUT2D eigenvalue weighted by Crippen LogP contribution is 2.17. The number of hydrazone groups is 1. The van der Waals surface area contributed by atoms with Crippen LogP contribution >= 0.6 is 0 Å². The molecular weight excluding hydrogens is 412 g/mol. The van der Waals surface area contributed by atoms with Crippen molar-refractivity contribution in [1.82, 2.24) is 5.43 Å². The molecule has 0 heterocycles. The van der Waals surface area contributed by atoms with E-state index >= 15 is 0 Å². The summed E-state index contributed by atoms with van der Waals surface area (Å²) in [6.45, 7) is 1.64. The van der Waals surface area contributed by atoms with E-state index in [4.69, 9.17) is 4.74 Å². The van der Waals surface area contributed by atoms with E-state index < -0.39 is 10.8 Å². The summed E-state index contributed by atoms with van der Waals surface area (Å²) in [5, 5.41) is 17.3. The van der Waals surface area contributed by atoms with Crippen molar-refractivity contribution in [3.63, 3.8) is 0 Å². The molecule has 0 fully saturated rings. The molecule has 0 bridgehead atoms. The predicted octanol–water partition coefficient (Wildman–Crippen LogP) is 3.90. The Balaban J connectivity index is 1.56. The highest BCUT2D eigenvalue weighted by Gasteiger charge is 2.06. The Labute approximate surface area is 183 Å². The van der Waals surface area contributed by atoms with Gasteiger partial charge in [0.25, 0.3) is 11.6 Å². The van der Waals surface area contributed by atoms with Crippen LogP contribution in [0.25, 0.3) is 0 Å². The minimum Gasteiger partial charge on any atom is -0.489 e. The average molecular weight is 432 g/mol. The zero-order chi connectivity index (χ0) is 22.9. The Hall–Kier alpha value is -4.53. The molecule has 0 radical (unpaired) electrons. The van der Waals surface area contributed by atoms with E-state index in [0.29, 0.717) is 22.6 Å². The molecule has 9 heteroatoms. The Kier molecular flexibility index (Phi) is 7.26. The lowest BCUT2D eigenvalue weighted by Crippen LogP contribution is -2.18. The molecule has 9 nitrogen and oxygen atoms in total. The Morgan fingerprint density at radius 1 is 1.06 bits per heavy atom. The van der Waals surface area contributed by atoms with E-state index in [1.807, 2.05) is 0 Å². The number of hydrogen-bond donors (Lipinski definition) is 2. The summed E-state index contributed by atoms with van der Waals surface area (Å²) < 4.78 is 5.72. The van der Waals surface area contributed by atoms with Crippen molar-refractivity contribution in [3.05, 3.63) is 99.6 Å². The molecular formula is C23H20N4O5. The van der Waals surface area contributed by atoms with Gasteiger partial charge in [0, 0.05) is 30.3 Å². The number of nitrogens with one attached hydrogen (secondary N) is 2. The van der Waals surface area contributed by atoms with Crippen LogP contribution in [0.15, 0.2) is 77.9 Å². The monoisotopic (exact) mass is 432 g/mol. The van der Waals surface area contributed by atoms with E-state index in [-0.39, 0.29) is 18.2 Å². The van der Waals surface area contributed by atoms with Gasteiger partial charge in [0.2, 0.25) is 5.91 Å². The maximum Gasteiger partial charge on any atom is 0.271 e. The standard InChI is InChI=1S/C23H20N4O5/c1-16(28)25-20-6-3-5-19(13-20)23(29)26-24-14-18-4-2-7-22(12-18)32-15-17-8-10-21(11-9-17)27(30)31/h2-14H,15H2,1H3,(H,25,28)(H,26,29). The van der Waals surface area contributed by atoms with Gasteiger partial charge in [0.15, 0.2) is 0 Å². The molecule has 0 atom stereocenters. The third-order valence-electron chi connectivity index (χ3n) is 4.24. The number of nitro groups is 1. The molecule has 0 spiro atoms. The number of nitrogens with zero attached hydrogens (tertiary/aromatic N) is 2. The number of nitro benzene ring substituents is 1. The Bertz CT molecular complexity index is 1160. The first-order valence-corrected chi connectivity index (χ1v) is 9.58. The molecule has 0 aromatic heterocycles. The second-order valence-electron chi connectivity index (χ2n) is 6.75. The van der Waals surface area contributed by atoms with Gasteiger partial charge in [0.1, 0.15) is 12.4 Å². The third-order valence-corrected chi connectivity index (χ3v) is 4.24. The van der Waals surface area contributed by atoms with Gasteiger partial charge in [-0.15, -0.1) is 0 Å². The van der Waals surface area contributed by atoms with Crippen LogP contribution in [0.1, 0.15) is 28.4 Å². The van der Waals surface area contributed by atoms with Crippen molar-refractivity contribution in [2.75, 3.05) is 5.32 Å². The second-order valence-corrected chi connectivity index (χ2v) is 6.75. The summed E-state index contributed by atoms with van der Waals surface area (Å²) in [5.74, 6) is -0.0584. The normalized spacial score (nSPS) is 10.5. The molecule has 3 aromatic rings. The first kappa shape index (κ1) is 22.2. The fraction of sp³-hybridized carbons (Fsp3) is 0.0870. The molecule has 0 saturated heterocycles. The van der Waals surface area contributed by atoms with Crippen LogP contribution in [0.3, 0.4) is 0 Å². The summed E-state index contributed by atoms with van der Waals surface area (Å²) in [5.41, 5.74) is 4.84. The summed E-state index contributed by atoms with van der Waals surface area (Å²) in [6.07, 6.45) is 1.48. The number of carbonyl (C=O) groups is 2. The van der Waals surface area contributed by atoms with Crippen LogP contribution in [0.2, 0.25) is 0 Å². The predicted molar refractivity (Wildman–Crippen MR) is 120 cm³/mol. The zero-order valence-corrected chi connectivity index (χ0v) is 17.1. The molecule has 3 aromatic carbocycles. The number of rotatable bonds is 8. The van der Waals surface area contributed by atoms with Crippen LogP contribution in [-0.2, 0) is 11.4 Å². The number of anilines is 1. The lowest BCUT2D eigenvalue weighted by Gasteiger charge is -2.07. The lowest BCUT2D eigenvalue weighted by molar-refractivity contribution is -0.384. The molecule has 32 heavy (non-hydrogen) atoms. The fourth-order valence-corrected chi connectivity index (χ4v) is 2.74. The van der Waals surface area contributed by atoms with E-state index in [1.165, 1.54) is 25.3 Å². The van der Waals surface area contributed by atoms with Gasteiger partial charge >= 0.3 is 0 Å². The van der Waals surface area contributed by atoms with E-state index in [1.54, 1.807) is 60.7 Å². The molecule has 0 aliphatic carbocycles. The van der Waals surface area contributed by atoms with Gasteiger partial charge in [-0.3, -0.25) is 19.7 Å². The molecule has 0 unspecified atom stereocenters. The van der Waals surface area contributed by atoms with Gasteiger partial charge in [0.05, 0.1) is 11.1 Å². The minimum absolute atomic E-state index is 0.0239. The minimum atomic E-state index is -0.452. The molecule has 0 aliphatic heterocycles. The molecule has 0 aliphatic rings. The SMILES string of the molecule is CC(=O)Nc1cccc(C(=O)NN=Cc2cccc(OCc3ccc([N+](=O)[O-])cc3)c2)c1. The fourth-order valence-electron chi connectivity index (χ4n) is 2.74. The highest BCUT2D eigenvalue weighted by molar-refractivity contribution is 5.97. The highest BCUT2D eigenvalue weighted by atomic mass is 16.6. The van der Waals surface area contributed by atoms with Crippen molar-refractivity contribution in [2.24, 2.45) is 5.10 Å². The zero-order valence-electron chi connectivity index (χ0n) is 17.1. The number of benzene rings is 3. The molecule has 2 N–H and O–H groups in total. The molecule has 3 rings (SSSR count). The molecule has 2 amide bonds. The number of amides is 2. The van der Waals surface area contributed by atoms with E-state index in [9.17, 15) is 19.7 Å². The number of hydrogen-bond acceptors (Lipinski definition) is 6. The van der Waals surface area contributed by atoms with Crippen LogP contribution in [-0.4, -0.2) is 23.0 Å². The summed E-state index contributed by atoms with van der Waals surface area (Å²) >= 11 is 0. The quantitative estimate of drug-likeness (QED) is 0.317. The molecule has 0 saturated carbocycles. The van der Waals surface area contributed by atoms with Crippen LogP contribution in [0, 0.1) is 10.1 Å². The van der Waals surface area contributed by atoms with Crippen LogP contribution in [0.5, 0.6) is 5.75 Å². The van der Waals surface area contributed by atoms with Crippen molar-refractivity contribution < 1.29 is 19.2 Å². The van der Waals surface area contributed by atoms with Gasteiger partial charge in [-0.05, 0) is 53.6 Å². The number of ether oxygens (including phenoxy) is 1. The van der Waals surface area contributed by atoms with Gasteiger partial charge in [-0.25, -0.2) is 5.43 Å².